The SMILES string of the molecule is O=c1cc(-c2cc3cc(Br)ccc3oc2=O)c2ccc(OCc3ccc(Cl)c(Cl)c3)cc2o1. The van der Waals surface area contributed by atoms with E-state index >= 15 is 0 Å². The molecule has 0 radical (unpaired) electrons. The van der Waals surface area contributed by atoms with Gasteiger partial charge in [-0.3, -0.25) is 0 Å². The first-order valence-corrected chi connectivity index (χ1v) is 11.3. The molecule has 8 heteroatoms. The summed E-state index contributed by atoms with van der Waals surface area (Å²) in [7, 11) is 0. The van der Waals surface area contributed by atoms with Gasteiger partial charge in [-0.1, -0.05) is 45.2 Å². The molecule has 0 spiro atoms. The van der Waals surface area contributed by atoms with Crippen LogP contribution in [0.5, 0.6) is 5.75 Å². The van der Waals surface area contributed by atoms with Gasteiger partial charge in [-0.15, -0.1) is 0 Å². The number of benzene rings is 3. The van der Waals surface area contributed by atoms with Crippen molar-refractivity contribution in [2.24, 2.45) is 0 Å². The summed E-state index contributed by atoms with van der Waals surface area (Å²) in [5.41, 5.74) is 1.13. The van der Waals surface area contributed by atoms with Crippen LogP contribution in [0, 0.1) is 0 Å². The van der Waals surface area contributed by atoms with Crippen molar-refractivity contribution in [3.63, 3.8) is 0 Å². The Balaban J connectivity index is 1.55. The number of ether oxygens (including phenoxy) is 1. The van der Waals surface area contributed by atoms with Gasteiger partial charge in [0.15, 0.2) is 0 Å². The average Bonchev–Trinajstić information content (AvgIpc) is 2.79. The van der Waals surface area contributed by atoms with Gasteiger partial charge in [0, 0.05) is 32.9 Å². The van der Waals surface area contributed by atoms with E-state index in [0.29, 0.717) is 32.3 Å². The smallest absolute Gasteiger partial charge is 0.344 e. The third-order valence-corrected chi connectivity index (χ3v) is 6.32. The van der Waals surface area contributed by atoms with Crippen LogP contribution >= 0.6 is 39.1 Å². The van der Waals surface area contributed by atoms with Crippen LogP contribution in [0.2, 0.25) is 10.0 Å². The molecule has 0 atom stereocenters. The molecule has 0 aliphatic carbocycles. The van der Waals surface area contributed by atoms with Gasteiger partial charge in [-0.05, 0) is 54.1 Å². The van der Waals surface area contributed by atoms with E-state index < -0.39 is 11.3 Å². The average molecular weight is 544 g/mol. The highest BCUT2D eigenvalue weighted by atomic mass is 79.9. The van der Waals surface area contributed by atoms with Gasteiger partial charge in [-0.25, -0.2) is 9.59 Å². The fraction of sp³-hybridized carbons (Fsp3) is 0.0400. The number of hydrogen-bond donors (Lipinski definition) is 0. The lowest BCUT2D eigenvalue weighted by Gasteiger charge is -2.10. The van der Waals surface area contributed by atoms with Gasteiger partial charge < -0.3 is 13.6 Å². The van der Waals surface area contributed by atoms with Crippen molar-refractivity contribution in [3.05, 3.63) is 108 Å². The third-order valence-electron chi connectivity index (χ3n) is 5.09. The lowest BCUT2D eigenvalue weighted by atomic mass is 10.0. The monoisotopic (exact) mass is 542 g/mol. The Morgan fingerprint density at radius 2 is 1.64 bits per heavy atom. The molecule has 33 heavy (non-hydrogen) atoms. The summed E-state index contributed by atoms with van der Waals surface area (Å²) < 4.78 is 17.5. The van der Waals surface area contributed by atoms with Crippen LogP contribution < -0.4 is 16.0 Å². The first-order valence-electron chi connectivity index (χ1n) is 9.76. The Hall–Kier alpha value is -3.06. The van der Waals surface area contributed by atoms with E-state index in [9.17, 15) is 9.59 Å². The minimum atomic E-state index is -0.590. The zero-order chi connectivity index (χ0) is 23.1. The van der Waals surface area contributed by atoms with Crippen LogP contribution in [0.15, 0.2) is 89.6 Å². The van der Waals surface area contributed by atoms with Gasteiger partial charge >= 0.3 is 11.3 Å². The Labute approximate surface area is 205 Å². The summed E-state index contributed by atoms with van der Waals surface area (Å²) in [4.78, 5) is 25.0. The molecule has 3 aromatic carbocycles. The summed E-state index contributed by atoms with van der Waals surface area (Å²) in [5.74, 6) is 0.489. The molecule has 0 amide bonds. The maximum absolute atomic E-state index is 12.7. The number of halogens is 3. The van der Waals surface area contributed by atoms with E-state index in [1.165, 1.54) is 6.07 Å². The molecule has 5 nitrogen and oxygen atoms in total. The molecule has 0 saturated carbocycles. The Bertz CT molecular complexity index is 1660. The molecular formula is C25H13BrCl2O5. The van der Waals surface area contributed by atoms with E-state index in [2.05, 4.69) is 15.9 Å². The van der Waals surface area contributed by atoms with Crippen LogP contribution in [0.3, 0.4) is 0 Å². The number of fused-ring (bicyclic) bond motifs is 2. The van der Waals surface area contributed by atoms with Gasteiger partial charge in [0.25, 0.3) is 0 Å². The van der Waals surface area contributed by atoms with Gasteiger partial charge in [-0.2, -0.15) is 0 Å². The third kappa shape index (κ3) is 4.42. The summed E-state index contributed by atoms with van der Waals surface area (Å²) in [6, 6.07) is 18.6. The molecule has 2 heterocycles. The van der Waals surface area contributed by atoms with Crippen LogP contribution in [-0.2, 0) is 6.61 Å². The lowest BCUT2D eigenvalue weighted by molar-refractivity contribution is 0.306. The van der Waals surface area contributed by atoms with Crippen LogP contribution in [0.4, 0.5) is 0 Å². The minimum absolute atomic E-state index is 0.245. The topological polar surface area (TPSA) is 69.7 Å². The predicted molar refractivity (Wildman–Crippen MR) is 132 cm³/mol. The molecule has 0 aliphatic heterocycles. The molecule has 164 valence electrons. The standard InChI is InChI=1S/C25H13BrCl2O5/c26-15-2-6-22-14(8-15)9-19(25(30)33-22)18-11-24(29)32-23-10-16(3-4-17(18)23)31-12-13-1-5-20(27)21(28)7-13/h1-11H,12H2. The van der Waals surface area contributed by atoms with E-state index in [1.54, 1.807) is 48.5 Å². The second-order valence-electron chi connectivity index (χ2n) is 7.30. The van der Waals surface area contributed by atoms with Crippen molar-refractivity contribution in [2.75, 3.05) is 0 Å². The zero-order valence-corrected chi connectivity index (χ0v) is 19.8. The normalized spacial score (nSPS) is 11.2. The lowest BCUT2D eigenvalue weighted by Crippen LogP contribution is -2.06. The molecular weight excluding hydrogens is 531 g/mol. The summed E-state index contributed by atoms with van der Waals surface area (Å²) in [5, 5.41) is 2.21. The second kappa shape index (κ2) is 8.71. The summed E-state index contributed by atoms with van der Waals surface area (Å²) in [6.07, 6.45) is 0. The second-order valence-corrected chi connectivity index (χ2v) is 9.03. The highest BCUT2D eigenvalue weighted by Crippen LogP contribution is 2.31. The summed E-state index contributed by atoms with van der Waals surface area (Å²) in [6.45, 7) is 0.245. The van der Waals surface area contributed by atoms with Crippen molar-refractivity contribution >= 4 is 61.1 Å². The van der Waals surface area contributed by atoms with Crippen molar-refractivity contribution in [2.45, 2.75) is 6.61 Å². The van der Waals surface area contributed by atoms with Gasteiger partial charge in [0.05, 0.1) is 15.6 Å². The maximum atomic E-state index is 12.7. The van der Waals surface area contributed by atoms with Crippen molar-refractivity contribution in [1.29, 1.82) is 0 Å². The zero-order valence-electron chi connectivity index (χ0n) is 16.7. The fourth-order valence-corrected chi connectivity index (χ4v) is 4.23. The Kier molecular flexibility index (Phi) is 5.74. The molecule has 0 fully saturated rings. The molecule has 0 bridgehead atoms. The van der Waals surface area contributed by atoms with Crippen LogP contribution in [0.25, 0.3) is 33.1 Å². The Morgan fingerprint density at radius 1 is 0.788 bits per heavy atom. The first kappa shape index (κ1) is 21.8. The molecule has 0 N–H and O–H groups in total. The minimum Gasteiger partial charge on any atom is -0.489 e. The summed E-state index contributed by atoms with van der Waals surface area (Å²) >= 11 is 15.4. The highest BCUT2D eigenvalue weighted by Gasteiger charge is 2.15. The highest BCUT2D eigenvalue weighted by molar-refractivity contribution is 9.10. The molecule has 0 saturated heterocycles. The fourth-order valence-electron chi connectivity index (χ4n) is 3.53. The van der Waals surface area contributed by atoms with Crippen molar-refractivity contribution < 1.29 is 13.6 Å². The number of rotatable bonds is 4. The predicted octanol–water partition coefficient (Wildman–Crippen LogP) is 7.21. The van der Waals surface area contributed by atoms with E-state index in [4.69, 9.17) is 36.8 Å². The largest absolute Gasteiger partial charge is 0.489 e. The molecule has 2 aromatic heterocycles. The molecule has 5 aromatic rings. The van der Waals surface area contributed by atoms with E-state index in [0.717, 1.165) is 15.4 Å². The quantitative estimate of drug-likeness (QED) is 0.224. The Morgan fingerprint density at radius 3 is 2.45 bits per heavy atom. The molecule has 0 aliphatic rings. The van der Waals surface area contributed by atoms with Gasteiger partial charge in [0.1, 0.15) is 23.5 Å². The molecule has 5 rings (SSSR count). The molecule has 0 unspecified atom stereocenters. The maximum Gasteiger partial charge on any atom is 0.344 e. The van der Waals surface area contributed by atoms with Crippen molar-refractivity contribution in [3.8, 4) is 16.9 Å². The van der Waals surface area contributed by atoms with Crippen LogP contribution in [-0.4, -0.2) is 0 Å². The van der Waals surface area contributed by atoms with Crippen LogP contribution in [0.1, 0.15) is 5.56 Å². The first-order chi connectivity index (χ1) is 15.9. The van der Waals surface area contributed by atoms with Crippen molar-refractivity contribution in [1.82, 2.24) is 0 Å². The van der Waals surface area contributed by atoms with Gasteiger partial charge in [0.2, 0.25) is 0 Å². The van der Waals surface area contributed by atoms with E-state index in [-0.39, 0.29) is 17.8 Å². The number of hydrogen-bond acceptors (Lipinski definition) is 5. The van der Waals surface area contributed by atoms with E-state index in [1.807, 2.05) is 12.1 Å².